The Balaban J connectivity index is -0.000000605. The van der Waals surface area contributed by atoms with Gasteiger partial charge in [0.2, 0.25) is 0 Å². The van der Waals surface area contributed by atoms with Crippen LogP contribution in [-0.2, 0) is 14.9 Å². The van der Waals surface area contributed by atoms with Crippen LogP contribution in [0.5, 0.6) is 0 Å². The fraction of sp³-hybridized carbons (Fsp3) is 1.00. The third-order valence-electron chi connectivity index (χ3n) is 1.08. The molecule has 0 fully saturated rings. The Kier molecular flexibility index (Phi) is 7.99. The zero-order valence-electron chi connectivity index (χ0n) is 9.70. The minimum atomic E-state index is -3.82. The van der Waals surface area contributed by atoms with E-state index >= 15 is 0 Å². The van der Waals surface area contributed by atoms with Crippen LogP contribution in [0.1, 0.15) is 28.6 Å². The van der Waals surface area contributed by atoms with E-state index < -0.39 is 10.1 Å². The van der Waals surface area contributed by atoms with Gasteiger partial charge in [-0.15, -0.1) is 0 Å². The van der Waals surface area contributed by atoms with Crippen molar-refractivity contribution in [3.8, 4) is 0 Å². The predicted molar refractivity (Wildman–Crippen MR) is 47.8 cm³/mol. The van der Waals surface area contributed by atoms with E-state index in [-0.39, 0.29) is 42.3 Å². The summed E-state index contributed by atoms with van der Waals surface area (Å²) in [4.78, 5) is 0. The summed E-state index contributed by atoms with van der Waals surface area (Å²) in [6.45, 7) is 6.02. The molecule has 76 valence electrons. The molecule has 0 unspecified atom stereocenters. The summed E-state index contributed by atoms with van der Waals surface area (Å²) in [5.74, 6) is -0.233. The normalized spacial score (nSPS) is 12.3. The van der Waals surface area contributed by atoms with Gasteiger partial charge in [0.05, 0.1) is 11.4 Å². The van der Waals surface area contributed by atoms with Crippen LogP contribution in [-0.4, -0.2) is 30.9 Å². The molecular weight excluding hydrogens is 203 g/mol. The van der Waals surface area contributed by atoms with E-state index in [1.54, 1.807) is 0 Å². The quantitative estimate of drug-likeness (QED) is 0.345. The van der Waals surface area contributed by atoms with Crippen molar-refractivity contribution in [2.45, 2.75) is 32.8 Å². The van der Waals surface area contributed by atoms with Gasteiger partial charge in [0.15, 0.2) is 0 Å². The van der Waals surface area contributed by atoms with Crippen molar-refractivity contribution in [3.05, 3.63) is 0 Å². The molecule has 13 heavy (non-hydrogen) atoms. The monoisotopic (exact) mass is 220 g/mol. The second-order valence-electron chi connectivity index (χ2n) is 3.60. The van der Waals surface area contributed by atoms with Crippen LogP contribution < -0.4 is 29.6 Å². The van der Waals surface area contributed by atoms with Gasteiger partial charge in [-0.05, 0) is 27.2 Å². The minimum Gasteiger partial charge on any atom is -1.00 e. The molecule has 0 aliphatic carbocycles. The van der Waals surface area contributed by atoms with Crippen LogP contribution in [0.25, 0.3) is 0 Å². The minimum absolute atomic E-state index is 0. The van der Waals surface area contributed by atoms with Crippen molar-refractivity contribution in [1.29, 1.82) is 0 Å². The van der Waals surface area contributed by atoms with Gasteiger partial charge in [-0.3, -0.25) is 4.55 Å². The molecular formula is C7H17NaO4S. The summed E-state index contributed by atoms with van der Waals surface area (Å²) in [5, 5.41) is 0. The van der Waals surface area contributed by atoms with Crippen molar-refractivity contribution in [3.63, 3.8) is 0 Å². The molecule has 6 heteroatoms. The van der Waals surface area contributed by atoms with Crippen molar-refractivity contribution in [2.24, 2.45) is 0 Å². The number of hydrogen-bond donors (Lipinski definition) is 1. The second-order valence-corrected chi connectivity index (χ2v) is 5.17. The third kappa shape index (κ3) is 15.6. The molecule has 0 radical (unpaired) electrons. The van der Waals surface area contributed by atoms with E-state index in [1.165, 1.54) is 0 Å². The van der Waals surface area contributed by atoms with Crippen molar-refractivity contribution in [2.75, 3.05) is 12.4 Å². The van der Waals surface area contributed by atoms with Crippen molar-refractivity contribution in [1.82, 2.24) is 0 Å². The average Bonchev–Trinajstić information content (AvgIpc) is 1.76. The molecule has 0 aliphatic heterocycles. The largest absolute Gasteiger partial charge is 1.00 e. The van der Waals surface area contributed by atoms with Crippen LogP contribution in [0.15, 0.2) is 0 Å². The number of hydrogen-bond acceptors (Lipinski definition) is 3. The van der Waals surface area contributed by atoms with Crippen LogP contribution in [0, 0.1) is 0 Å². The number of ether oxygens (including phenoxy) is 1. The molecule has 0 spiro atoms. The van der Waals surface area contributed by atoms with E-state index in [4.69, 9.17) is 9.29 Å². The van der Waals surface area contributed by atoms with Crippen LogP contribution >= 0.6 is 0 Å². The zero-order valence-corrected chi connectivity index (χ0v) is 11.5. The molecule has 0 rings (SSSR count). The zero-order chi connectivity index (χ0) is 9.83. The maximum Gasteiger partial charge on any atom is 1.00 e. The molecule has 0 aliphatic rings. The number of rotatable bonds is 4. The average molecular weight is 220 g/mol. The van der Waals surface area contributed by atoms with Crippen LogP contribution in [0.4, 0.5) is 0 Å². The smallest absolute Gasteiger partial charge is 1.00 e. The molecule has 0 aromatic rings. The Morgan fingerprint density at radius 1 is 1.38 bits per heavy atom. The topological polar surface area (TPSA) is 63.6 Å². The Labute approximate surface area is 104 Å². The molecule has 0 saturated carbocycles. The molecule has 0 amide bonds. The van der Waals surface area contributed by atoms with Gasteiger partial charge in [-0.1, -0.05) is 0 Å². The first-order chi connectivity index (χ1) is 5.21. The molecule has 0 heterocycles. The van der Waals surface area contributed by atoms with Crippen molar-refractivity contribution >= 4 is 10.1 Å². The molecule has 0 bridgehead atoms. The summed E-state index contributed by atoms with van der Waals surface area (Å²) in [7, 11) is -3.82. The Morgan fingerprint density at radius 3 is 2.15 bits per heavy atom. The summed E-state index contributed by atoms with van der Waals surface area (Å²) >= 11 is 0. The Bertz CT molecular complexity index is 222. The maximum atomic E-state index is 10.3. The summed E-state index contributed by atoms with van der Waals surface area (Å²) in [6.07, 6.45) is 0.329. The first-order valence-corrected chi connectivity index (χ1v) is 5.41. The Hall–Kier alpha value is 0.870. The van der Waals surface area contributed by atoms with Crippen LogP contribution in [0.3, 0.4) is 0 Å². The molecule has 0 aromatic heterocycles. The third-order valence-corrected chi connectivity index (χ3v) is 1.89. The van der Waals surface area contributed by atoms with Crippen molar-refractivity contribution < 1.29 is 48.7 Å². The van der Waals surface area contributed by atoms with Gasteiger partial charge in [0.1, 0.15) is 0 Å². The molecule has 0 aromatic carbocycles. The van der Waals surface area contributed by atoms with Crippen LogP contribution in [0.2, 0.25) is 0 Å². The van der Waals surface area contributed by atoms with E-state index in [1.807, 2.05) is 20.8 Å². The van der Waals surface area contributed by atoms with E-state index in [0.29, 0.717) is 13.0 Å². The fourth-order valence-corrected chi connectivity index (χ4v) is 1.10. The van der Waals surface area contributed by atoms with Gasteiger partial charge in [0.25, 0.3) is 10.1 Å². The van der Waals surface area contributed by atoms with E-state index in [9.17, 15) is 8.42 Å². The molecule has 4 nitrogen and oxygen atoms in total. The van der Waals surface area contributed by atoms with Gasteiger partial charge < -0.3 is 6.16 Å². The fourth-order valence-electron chi connectivity index (χ4n) is 0.620. The summed E-state index contributed by atoms with van der Waals surface area (Å²) in [5.41, 5.74) is -0.251. The predicted octanol–water partition coefficient (Wildman–Crippen LogP) is -1.80. The van der Waals surface area contributed by atoms with Gasteiger partial charge in [-0.25, -0.2) is 0 Å². The standard InChI is InChI=1S/C7H16O4S.Na.H/c1-7(2,3)11-5-4-6-12(8,9)10;;/h4-6H2,1-3H3,(H,8,9,10);;/q;+1;-1. The van der Waals surface area contributed by atoms with Gasteiger partial charge >= 0.3 is 29.6 Å². The SMILES string of the molecule is CC(C)(C)OCCCS(=O)(=O)O.[H-].[Na+]. The van der Waals surface area contributed by atoms with E-state index in [2.05, 4.69) is 0 Å². The molecule has 0 saturated heterocycles. The maximum absolute atomic E-state index is 10.3. The Morgan fingerprint density at radius 2 is 1.85 bits per heavy atom. The van der Waals surface area contributed by atoms with E-state index in [0.717, 1.165) is 0 Å². The summed E-state index contributed by atoms with van der Waals surface area (Å²) < 4.78 is 34.1. The van der Waals surface area contributed by atoms with Gasteiger partial charge in [-0.2, -0.15) is 8.42 Å². The summed E-state index contributed by atoms with van der Waals surface area (Å²) in [6, 6.07) is 0. The second kappa shape index (κ2) is 6.37. The first kappa shape index (κ1) is 16.3. The molecule has 0 atom stereocenters. The first-order valence-electron chi connectivity index (χ1n) is 3.80. The van der Waals surface area contributed by atoms with Gasteiger partial charge in [0, 0.05) is 6.61 Å². The molecule has 1 N–H and O–H groups in total.